The molecular weight excluding hydrogens is 521 g/mol. The topological polar surface area (TPSA) is 96.0 Å². The van der Waals surface area contributed by atoms with Crippen molar-refractivity contribution in [1.29, 1.82) is 0 Å². The van der Waals surface area contributed by atoms with Crippen molar-refractivity contribution < 1.29 is 27.1 Å². The summed E-state index contributed by atoms with van der Waals surface area (Å²) >= 11 is 6.18. The molecule has 204 valence electrons. The number of carbonyl (C=O) groups excluding carboxylic acids is 2. The lowest BCUT2D eigenvalue weighted by Crippen LogP contribution is -2.48. The summed E-state index contributed by atoms with van der Waals surface area (Å²) in [4.78, 5) is 27.4. The molecule has 37 heavy (non-hydrogen) atoms. The van der Waals surface area contributed by atoms with E-state index < -0.39 is 21.9 Å². The maximum absolute atomic E-state index is 13.4. The van der Waals surface area contributed by atoms with Crippen LogP contribution in [0.4, 0.5) is 10.1 Å². The van der Waals surface area contributed by atoms with Gasteiger partial charge in [-0.15, -0.1) is 0 Å². The summed E-state index contributed by atoms with van der Waals surface area (Å²) in [6.45, 7) is 4.32. The number of hydrogen-bond donors (Lipinski definition) is 1. The van der Waals surface area contributed by atoms with E-state index >= 15 is 0 Å². The Labute approximate surface area is 223 Å². The third kappa shape index (κ3) is 9.19. The second-order valence-electron chi connectivity index (χ2n) is 8.73. The molecule has 11 heteroatoms. The maximum Gasteiger partial charge on any atom is 0.242 e. The van der Waals surface area contributed by atoms with Crippen molar-refractivity contribution in [1.82, 2.24) is 10.2 Å². The Bertz CT molecular complexity index is 1160. The first-order valence-electron chi connectivity index (χ1n) is 12.1. The van der Waals surface area contributed by atoms with Gasteiger partial charge >= 0.3 is 0 Å². The Kier molecular flexibility index (Phi) is 11.6. The molecule has 0 fully saturated rings. The first-order valence-corrected chi connectivity index (χ1v) is 14.3. The second-order valence-corrected chi connectivity index (χ2v) is 11.0. The monoisotopic (exact) mass is 555 g/mol. The molecule has 0 radical (unpaired) electrons. The molecule has 0 aromatic heterocycles. The molecule has 0 aliphatic rings. The molecule has 2 aromatic rings. The Balaban J connectivity index is 2.16. The van der Waals surface area contributed by atoms with Crippen LogP contribution in [0.3, 0.4) is 0 Å². The predicted octanol–water partition coefficient (Wildman–Crippen LogP) is 4.37. The predicted molar refractivity (Wildman–Crippen MR) is 144 cm³/mol. The van der Waals surface area contributed by atoms with E-state index in [4.69, 9.17) is 16.3 Å². The Hall–Kier alpha value is -2.85. The Morgan fingerprint density at radius 2 is 1.81 bits per heavy atom. The molecule has 0 spiro atoms. The number of anilines is 1. The SMILES string of the molecule is CCCCNC(=O)[C@@H](C)N(Cc1ccc(F)cc1)C(=O)CCCN(c1ccc(OC)c(Cl)c1)S(C)(=O)=O. The van der Waals surface area contributed by atoms with Crippen LogP contribution in [0.15, 0.2) is 42.5 Å². The van der Waals surface area contributed by atoms with Gasteiger partial charge in [0.1, 0.15) is 17.6 Å². The Morgan fingerprint density at radius 3 is 2.38 bits per heavy atom. The van der Waals surface area contributed by atoms with E-state index in [2.05, 4.69) is 5.32 Å². The van der Waals surface area contributed by atoms with E-state index in [1.54, 1.807) is 31.2 Å². The number of ether oxygens (including phenoxy) is 1. The number of nitrogens with zero attached hydrogens (tertiary/aromatic N) is 2. The average Bonchev–Trinajstić information content (AvgIpc) is 2.85. The molecule has 0 saturated heterocycles. The van der Waals surface area contributed by atoms with Crippen molar-refractivity contribution in [2.24, 2.45) is 0 Å². The van der Waals surface area contributed by atoms with E-state index in [0.29, 0.717) is 23.5 Å². The molecule has 0 bridgehead atoms. The molecule has 2 rings (SSSR count). The summed E-state index contributed by atoms with van der Waals surface area (Å²) < 4.78 is 44.6. The van der Waals surface area contributed by atoms with Crippen LogP contribution in [-0.2, 0) is 26.2 Å². The molecule has 0 saturated carbocycles. The van der Waals surface area contributed by atoms with Gasteiger partial charge in [-0.3, -0.25) is 13.9 Å². The molecule has 0 heterocycles. The van der Waals surface area contributed by atoms with E-state index in [9.17, 15) is 22.4 Å². The van der Waals surface area contributed by atoms with Crippen LogP contribution in [0.5, 0.6) is 5.75 Å². The lowest BCUT2D eigenvalue weighted by atomic mass is 10.1. The summed E-state index contributed by atoms with van der Waals surface area (Å²) in [6, 6.07) is 9.61. The van der Waals surface area contributed by atoms with Crippen molar-refractivity contribution in [2.45, 2.75) is 52.1 Å². The minimum atomic E-state index is -3.66. The van der Waals surface area contributed by atoms with Gasteiger partial charge in [-0.2, -0.15) is 0 Å². The number of unbranched alkanes of at least 4 members (excludes halogenated alkanes) is 1. The Morgan fingerprint density at radius 1 is 1.14 bits per heavy atom. The largest absolute Gasteiger partial charge is 0.495 e. The highest BCUT2D eigenvalue weighted by Crippen LogP contribution is 2.30. The van der Waals surface area contributed by atoms with Crippen LogP contribution in [0, 0.1) is 5.82 Å². The minimum Gasteiger partial charge on any atom is -0.495 e. The number of methoxy groups -OCH3 is 1. The first kappa shape index (κ1) is 30.4. The molecule has 0 unspecified atom stereocenters. The van der Waals surface area contributed by atoms with Gasteiger partial charge in [0.2, 0.25) is 21.8 Å². The fraction of sp³-hybridized carbons (Fsp3) is 0.462. The van der Waals surface area contributed by atoms with Gasteiger partial charge in [-0.25, -0.2) is 12.8 Å². The molecule has 8 nitrogen and oxygen atoms in total. The standard InChI is InChI=1S/C26H35ClFN3O5S/c1-5-6-15-29-26(33)19(2)30(18-20-9-11-21(28)12-10-20)25(32)8-7-16-31(37(4,34)35)22-13-14-24(36-3)23(27)17-22/h9-14,17,19H,5-8,15-16,18H2,1-4H3,(H,29,33)/t19-/m1/s1. The molecule has 0 aliphatic heterocycles. The molecule has 1 atom stereocenters. The summed E-state index contributed by atoms with van der Waals surface area (Å²) in [5.41, 5.74) is 1.03. The number of nitrogens with one attached hydrogen (secondary N) is 1. The molecule has 2 amide bonds. The minimum absolute atomic E-state index is 0.00365. The highest BCUT2D eigenvalue weighted by Gasteiger charge is 2.26. The van der Waals surface area contributed by atoms with Gasteiger partial charge in [-0.1, -0.05) is 37.1 Å². The van der Waals surface area contributed by atoms with Gasteiger partial charge in [-0.05, 0) is 55.7 Å². The van der Waals surface area contributed by atoms with E-state index in [1.165, 1.54) is 34.5 Å². The zero-order valence-electron chi connectivity index (χ0n) is 21.7. The average molecular weight is 556 g/mol. The van der Waals surface area contributed by atoms with Crippen LogP contribution in [0.2, 0.25) is 5.02 Å². The zero-order valence-corrected chi connectivity index (χ0v) is 23.2. The summed E-state index contributed by atoms with van der Waals surface area (Å²) in [6.07, 6.45) is 3.03. The number of halogens is 2. The van der Waals surface area contributed by atoms with E-state index in [1.807, 2.05) is 6.92 Å². The van der Waals surface area contributed by atoms with Crippen molar-refractivity contribution in [2.75, 3.05) is 30.8 Å². The number of carbonyl (C=O) groups is 2. The quantitative estimate of drug-likeness (QED) is 0.349. The van der Waals surface area contributed by atoms with Crippen LogP contribution in [-0.4, -0.2) is 57.6 Å². The number of rotatable bonds is 14. The molecule has 2 aromatic carbocycles. The van der Waals surface area contributed by atoms with Crippen LogP contribution in [0.25, 0.3) is 0 Å². The van der Waals surface area contributed by atoms with Crippen molar-refractivity contribution in [3.05, 3.63) is 58.9 Å². The smallest absolute Gasteiger partial charge is 0.242 e. The number of sulfonamides is 1. The van der Waals surface area contributed by atoms with E-state index in [-0.39, 0.29) is 42.8 Å². The lowest BCUT2D eigenvalue weighted by Gasteiger charge is -2.29. The van der Waals surface area contributed by atoms with Crippen LogP contribution >= 0.6 is 11.6 Å². The third-order valence-electron chi connectivity index (χ3n) is 5.84. The van der Waals surface area contributed by atoms with Gasteiger partial charge in [0.15, 0.2) is 0 Å². The summed E-state index contributed by atoms with van der Waals surface area (Å²) in [5, 5.41) is 3.10. The highest BCUT2D eigenvalue weighted by molar-refractivity contribution is 7.92. The number of amides is 2. The fourth-order valence-electron chi connectivity index (χ4n) is 3.72. The zero-order chi connectivity index (χ0) is 27.6. The van der Waals surface area contributed by atoms with Crippen LogP contribution in [0.1, 0.15) is 45.1 Å². The number of benzene rings is 2. The molecule has 0 aliphatic carbocycles. The first-order chi connectivity index (χ1) is 17.5. The van der Waals surface area contributed by atoms with Crippen molar-refractivity contribution in [3.63, 3.8) is 0 Å². The highest BCUT2D eigenvalue weighted by atomic mass is 35.5. The fourth-order valence-corrected chi connectivity index (χ4v) is 4.93. The van der Waals surface area contributed by atoms with Gasteiger partial charge < -0.3 is 15.0 Å². The summed E-state index contributed by atoms with van der Waals surface area (Å²) in [7, 11) is -2.20. The lowest BCUT2D eigenvalue weighted by molar-refractivity contribution is -0.140. The maximum atomic E-state index is 13.4. The number of hydrogen-bond acceptors (Lipinski definition) is 5. The van der Waals surface area contributed by atoms with Gasteiger partial charge in [0.25, 0.3) is 0 Å². The molecule has 1 N–H and O–H groups in total. The normalized spacial score (nSPS) is 12.1. The van der Waals surface area contributed by atoms with Gasteiger partial charge in [0.05, 0.1) is 24.1 Å². The van der Waals surface area contributed by atoms with Crippen molar-refractivity contribution in [3.8, 4) is 5.75 Å². The van der Waals surface area contributed by atoms with E-state index in [0.717, 1.165) is 19.1 Å². The summed E-state index contributed by atoms with van der Waals surface area (Å²) in [5.74, 6) is -0.582. The molecular formula is C26H35ClFN3O5S. The third-order valence-corrected chi connectivity index (χ3v) is 7.33. The second kappa shape index (κ2) is 14.2. The van der Waals surface area contributed by atoms with Gasteiger partial charge in [0, 0.05) is 26.1 Å². The van der Waals surface area contributed by atoms with Crippen LogP contribution < -0.4 is 14.4 Å². The van der Waals surface area contributed by atoms with Crippen molar-refractivity contribution >= 4 is 39.1 Å².